The second-order valence-electron chi connectivity index (χ2n) is 23.9. The van der Waals surface area contributed by atoms with Crippen molar-refractivity contribution in [1.82, 2.24) is 9.55 Å². The quantitative estimate of drug-likeness (QED) is 0.121. The molecule has 6 nitrogen and oxygen atoms in total. The van der Waals surface area contributed by atoms with Crippen molar-refractivity contribution in [2.75, 3.05) is 9.80 Å². The van der Waals surface area contributed by atoms with Gasteiger partial charge in [-0.05, 0) is 109 Å². The smallest absolute Gasteiger partial charge is 0.143 e. The van der Waals surface area contributed by atoms with Crippen LogP contribution in [0.4, 0.5) is 22.7 Å². The molecule has 0 fully saturated rings. The zero-order valence-electron chi connectivity index (χ0n) is 63.4. The van der Waals surface area contributed by atoms with E-state index in [0.717, 1.165) is 33.0 Å². The Bertz CT molecular complexity index is 5170. The van der Waals surface area contributed by atoms with Crippen molar-refractivity contribution >= 4 is 44.6 Å². The van der Waals surface area contributed by atoms with Crippen LogP contribution in [0.5, 0.6) is 23.0 Å². The van der Waals surface area contributed by atoms with E-state index in [0.29, 0.717) is 56.6 Å². The van der Waals surface area contributed by atoms with Crippen LogP contribution < -0.4 is 19.3 Å². The van der Waals surface area contributed by atoms with Crippen molar-refractivity contribution in [3.05, 3.63) is 272 Å². The van der Waals surface area contributed by atoms with Gasteiger partial charge in [-0.3, -0.25) is 0 Å². The predicted octanol–water partition coefficient (Wildman–Crippen LogP) is 21.3. The van der Waals surface area contributed by atoms with Gasteiger partial charge in [-0.25, -0.2) is 4.98 Å². The summed E-state index contributed by atoms with van der Waals surface area (Å²) in [5.74, 6) is 1.66. The number of para-hydroxylation sites is 3. The van der Waals surface area contributed by atoms with Crippen LogP contribution in [-0.2, 0) is 37.3 Å². The van der Waals surface area contributed by atoms with E-state index in [1.54, 1.807) is 54.2 Å². The summed E-state index contributed by atoms with van der Waals surface area (Å²) < 4.78 is 150. The van der Waals surface area contributed by atoms with Crippen LogP contribution in [0.1, 0.15) is 99.6 Å². The number of aromatic nitrogens is 2. The Morgan fingerprint density at radius 3 is 1.59 bits per heavy atom. The van der Waals surface area contributed by atoms with E-state index in [4.69, 9.17) is 26.8 Å². The van der Waals surface area contributed by atoms with Crippen LogP contribution in [0.25, 0.3) is 72.1 Å². The van der Waals surface area contributed by atoms with Crippen molar-refractivity contribution in [3.8, 4) is 73.3 Å². The summed E-state index contributed by atoms with van der Waals surface area (Å²) >= 11 is 0. The first-order valence-corrected chi connectivity index (χ1v) is 27.8. The minimum atomic E-state index is -0.673. The maximum absolute atomic E-state index is 9.33. The molecule has 0 unspecified atom stereocenters. The molecule has 13 rings (SSSR count). The molecule has 0 N–H and O–H groups in total. The molecule has 7 heteroatoms. The van der Waals surface area contributed by atoms with Crippen molar-refractivity contribution in [1.29, 1.82) is 0 Å². The topological polar surface area (TPSA) is 42.8 Å². The molecule has 0 saturated carbocycles. The van der Waals surface area contributed by atoms with Crippen molar-refractivity contribution in [3.63, 3.8) is 0 Å². The van der Waals surface area contributed by atoms with E-state index in [2.05, 4.69) is 65.8 Å². The fraction of sp³-hybridized carbons (Fsp3) is 0.154. The molecule has 0 radical (unpaired) electrons. The van der Waals surface area contributed by atoms with Gasteiger partial charge in [-0.2, -0.15) is 12.1 Å². The van der Waals surface area contributed by atoms with Gasteiger partial charge in [0.25, 0.3) is 0 Å². The summed E-state index contributed by atoms with van der Waals surface area (Å²) in [5, 5.41) is 1.72. The number of nitrogens with zero attached hydrogens (tertiary/aromatic N) is 4. The first-order chi connectivity index (χ1) is 46.7. The molecule has 0 saturated heterocycles. The molecule has 10 aromatic carbocycles. The third-order valence-electron chi connectivity index (χ3n) is 15.1. The van der Waals surface area contributed by atoms with Gasteiger partial charge in [0.2, 0.25) is 0 Å². The predicted molar refractivity (Wildman–Crippen MR) is 349 cm³/mol. The molecule has 1 aliphatic heterocycles. The first kappa shape index (κ1) is 41.1. The average molecular weight is 1300 g/mol. The van der Waals surface area contributed by atoms with E-state index in [9.17, 15) is 8.22 Å². The summed E-state index contributed by atoms with van der Waals surface area (Å²) in [6.45, 7) is 20.1. The normalized spacial score (nSPS) is 15.0. The number of rotatable bonds is 11. The van der Waals surface area contributed by atoms with Crippen molar-refractivity contribution in [2.24, 2.45) is 0 Å². The number of anilines is 4. The molecular formula is C78H67N4O2Pt-3. The Morgan fingerprint density at radius 2 is 0.988 bits per heavy atom. The van der Waals surface area contributed by atoms with Gasteiger partial charge in [0, 0.05) is 89.7 Å². The molecule has 12 aromatic rings. The summed E-state index contributed by atoms with van der Waals surface area (Å²) in [6.07, 6.45) is 1.63. The minimum absolute atomic E-state index is 0. The second-order valence-corrected chi connectivity index (χ2v) is 23.9. The van der Waals surface area contributed by atoms with Crippen LogP contribution in [0.15, 0.2) is 236 Å². The summed E-state index contributed by atoms with van der Waals surface area (Å²) in [5.41, 5.74) is 6.27. The Hall–Kier alpha value is -8.96. The Balaban J connectivity index is 0.00000948. The zero-order valence-corrected chi connectivity index (χ0v) is 50.6. The van der Waals surface area contributed by atoms with E-state index in [1.165, 1.54) is 0 Å². The van der Waals surface area contributed by atoms with Crippen molar-refractivity contribution in [2.45, 2.75) is 78.6 Å². The second kappa shape index (κ2) is 22.6. The van der Waals surface area contributed by atoms with E-state index >= 15 is 0 Å². The van der Waals surface area contributed by atoms with Gasteiger partial charge in [0.15, 0.2) is 0 Å². The molecule has 0 spiro atoms. The monoisotopic (exact) mass is 1300 g/mol. The average Bonchev–Trinajstić information content (AvgIpc) is 1.28. The van der Waals surface area contributed by atoms with Gasteiger partial charge in [-0.15, -0.1) is 48.1 Å². The maximum atomic E-state index is 9.33. The molecule has 3 heterocycles. The third kappa shape index (κ3) is 11.1. The number of benzene rings is 10. The summed E-state index contributed by atoms with van der Waals surface area (Å²) in [7, 11) is 0. The van der Waals surface area contributed by atoms with Crippen molar-refractivity contribution < 1.29 is 51.1 Å². The zero-order chi connectivity index (χ0) is 71.0. The number of hydrogen-bond donors (Lipinski definition) is 0. The number of fused-ring (bicyclic) bond motifs is 4. The fourth-order valence-electron chi connectivity index (χ4n) is 10.7. The number of hydrogen-bond acceptors (Lipinski definition) is 5. The standard InChI is InChI=1S/C78H67N4O2.Pt/c1-76(2,3)56-38-36-55(37-39-56)68-47-58(78(7,8)9)46-67(54-28-17-12-18-29-54)75(68)84-62-42-43-79-73(50-62)82-69-33-20-19-32-63(69)64-41-40-61(49-72(64)82)83-60-31-23-30-59(48-60)80-51-81(71-35-22-21-34-70(71)80)74-65(52-24-13-10-14-25-52)44-57(77(4,5)6)45-66(74)53-26-15-11-16-27-53;/h10-47,50-51H,1-9H3;/q-3;/i10D,11D,12D,13D,14D,15D,16D,17D,18D,24D,25D,26D,27D,28D,29D;. The first-order valence-electron chi connectivity index (χ1n) is 35.3. The molecule has 85 heavy (non-hydrogen) atoms. The fourth-order valence-corrected chi connectivity index (χ4v) is 10.7. The largest absolute Gasteiger partial charge is 0.509 e. The van der Waals surface area contributed by atoms with E-state index < -0.39 is 89.4 Å². The van der Waals surface area contributed by atoms with Crippen LogP contribution in [-0.4, -0.2) is 9.55 Å². The molecular weight excluding hydrogens is 1220 g/mol. The SMILES string of the molecule is [2H]c1c([2H])c([2H])c(-c2cc(C(C)(C)C)cc(-c3ccc(C(C)(C)C)cc3)c2Oc2ccnc(-n3c4[c-]c(Oc5[c-]c(N6[CH-]N(c7c(-c8c([2H])c([2H])c([2H])c([2H])c8[2H])cc(C(C)(C)C)cc7-c7c([2H])c([2H])c([2H])c([2H])c7[2H])c7ccccc76)ccc5)ccc4c4ccccc43)c2)c([2H])c1[2H].[Pt]. The molecule has 2 aromatic heterocycles. The molecule has 424 valence electrons. The Labute approximate surface area is 536 Å². The summed E-state index contributed by atoms with van der Waals surface area (Å²) in [4.78, 5) is 8.51. The van der Waals surface area contributed by atoms with Crippen LogP contribution in [0.3, 0.4) is 0 Å². The molecule has 0 atom stereocenters. The molecule has 1 aliphatic rings. The Morgan fingerprint density at radius 1 is 0.459 bits per heavy atom. The van der Waals surface area contributed by atoms with Gasteiger partial charge < -0.3 is 23.8 Å². The van der Waals surface area contributed by atoms with E-state index in [1.807, 2.05) is 121 Å². The van der Waals surface area contributed by atoms with E-state index in [-0.39, 0.29) is 83.6 Å². The van der Waals surface area contributed by atoms with Gasteiger partial charge in [0.05, 0.1) is 20.6 Å². The van der Waals surface area contributed by atoms with Crippen LogP contribution in [0, 0.1) is 18.8 Å². The van der Waals surface area contributed by atoms with Gasteiger partial charge in [0.1, 0.15) is 17.3 Å². The van der Waals surface area contributed by atoms with Crippen LogP contribution in [0.2, 0.25) is 0 Å². The number of ether oxygens (including phenoxy) is 2. The molecule has 0 amide bonds. The molecule has 0 bridgehead atoms. The number of pyridine rings is 1. The summed E-state index contributed by atoms with van der Waals surface area (Å²) in [6, 6.07) is 42.8. The third-order valence-corrected chi connectivity index (χ3v) is 15.1. The minimum Gasteiger partial charge on any atom is -0.509 e. The maximum Gasteiger partial charge on any atom is 0.143 e. The van der Waals surface area contributed by atoms with Crippen LogP contribution >= 0.6 is 0 Å². The Kier molecular flexibility index (Phi) is 10.9. The molecule has 0 aliphatic carbocycles. The van der Waals surface area contributed by atoms with Gasteiger partial charge in [-0.1, -0.05) is 213 Å². The van der Waals surface area contributed by atoms with Gasteiger partial charge >= 0.3 is 0 Å².